The van der Waals surface area contributed by atoms with E-state index < -0.39 is 0 Å². The fourth-order valence-corrected chi connectivity index (χ4v) is 1.97. The Labute approximate surface area is 120 Å². The van der Waals surface area contributed by atoms with Crippen LogP contribution in [0.25, 0.3) is 11.1 Å². The minimum absolute atomic E-state index is 0.123. The smallest absolute Gasteiger partial charge is 0.321 e. The monoisotopic (exact) mass is 268 g/mol. The van der Waals surface area contributed by atoms with Gasteiger partial charge in [0.15, 0.2) is 0 Å². The predicted molar refractivity (Wildman–Crippen MR) is 84.1 cm³/mol. The van der Waals surface area contributed by atoms with Gasteiger partial charge >= 0.3 is 6.03 Å². The molecule has 3 nitrogen and oxygen atoms in total. The van der Waals surface area contributed by atoms with Crippen molar-refractivity contribution in [1.82, 2.24) is 4.90 Å². The van der Waals surface area contributed by atoms with E-state index in [1.54, 1.807) is 14.1 Å². The van der Waals surface area contributed by atoms with Crippen LogP contribution >= 0.6 is 0 Å². The second-order valence-corrected chi connectivity index (χ2v) is 5.24. The number of urea groups is 1. The highest BCUT2D eigenvalue weighted by atomic mass is 16.2. The zero-order valence-electron chi connectivity index (χ0n) is 12.4. The van der Waals surface area contributed by atoms with Crippen molar-refractivity contribution >= 4 is 11.7 Å². The Kier molecular flexibility index (Phi) is 4.08. The molecule has 0 atom stereocenters. The molecule has 0 aliphatic carbocycles. The number of amides is 2. The Morgan fingerprint density at radius 3 is 2.15 bits per heavy atom. The largest absolute Gasteiger partial charge is 0.331 e. The summed E-state index contributed by atoms with van der Waals surface area (Å²) < 4.78 is 0. The molecule has 0 aliphatic heterocycles. The Balaban J connectivity index is 2.43. The van der Waals surface area contributed by atoms with Crippen LogP contribution in [0.1, 0.15) is 11.1 Å². The number of carbonyl (C=O) groups excluding carboxylic acids is 1. The normalized spacial score (nSPS) is 10.2. The van der Waals surface area contributed by atoms with Gasteiger partial charge in [0.1, 0.15) is 0 Å². The molecule has 0 aliphatic rings. The van der Waals surface area contributed by atoms with Crippen molar-refractivity contribution in [2.75, 3.05) is 19.4 Å². The maximum absolute atomic E-state index is 11.8. The number of nitrogens with zero attached hydrogens (tertiary/aromatic N) is 1. The minimum atomic E-state index is -0.123. The lowest BCUT2D eigenvalue weighted by Gasteiger charge is -2.16. The van der Waals surface area contributed by atoms with E-state index in [9.17, 15) is 4.79 Å². The maximum Gasteiger partial charge on any atom is 0.321 e. The van der Waals surface area contributed by atoms with Gasteiger partial charge in [0.25, 0.3) is 0 Å². The number of hydrogen-bond donors (Lipinski definition) is 1. The Morgan fingerprint density at radius 1 is 0.950 bits per heavy atom. The molecular weight excluding hydrogens is 248 g/mol. The van der Waals surface area contributed by atoms with Gasteiger partial charge < -0.3 is 10.2 Å². The quantitative estimate of drug-likeness (QED) is 0.875. The number of aryl methyl sites for hydroxylation is 2. The summed E-state index contributed by atoms with van der Waals surface area (Å²) in [6.45, 7) is 4.12. The first-order valence-corrected chi connectivity index (χ1v) is 6.63. The number of benzene rings is 2. The molecule has 3 heteroatoms. The van der Waals surface area contributed by atoms with E-state index in [-0.39, 0.29) is 6.03 Å². The lowest BCUT2D eigenvalue weighted by Crippen LogP contribution is -2.27. The van der Waals surface area contributed by atoms with Crippen molar-refractivity contribution in [2.45, 2.75) is 13.8 Å². The van der Waals surface area contributed by atoms with Crippen molar-refractivity contribution in [3.05, 3.63) is 53.6 Å². The molecule has 0 saturated carbocycles. The van der Waals surface area contributed by atoms with Crippen molar-refractivity contribution in [1.29, 1.82) is 0 Å². The van der Waals surface area contributed by atoms with Gasteiger partial charge in [-0.05, 0) is 31.5 Å². The standard InChI is InChI=1S/C17H20N2O/c1-12-5-8-14(9-6-12)15-11-13(2)7-10-16(15)18-17(20)19(3)4/h5-11H,1-4H3,(H,18,20). The Bertz CT molecular complexity index is 615. The molecule has 0 aromatic heterocycles. The van der Waals surface area contributed by atoms with E-state index in [2.05, 4.69) is 49.5 Å². The molecule has 0 spiro atoms. The van der Waals surface area contributed by atoms with Gasteiger partial charge in [-0.15, -0.1) is 0 Å². The number of carbonyl (C=O) groups is 1. The molecule has 0 bridgehead atoms. The fourth-order valence-electron chi connectivity index (χ4n) is 1.97. The second kappa shape index (κ2) is 5.78. The highest BCUT2D eigenvalue weighted by Crippen LogP contribution is 2.29. The third kappa shape index (κ3) is 3.18. The summed E-state index contributed by atoms with van der Waals surface area (Å²) in [5.74, 6) is 0. The highest BCUT2D eigenvalue weighted by molar-refractivity contribution is 5.94. The summed E-state index contributed by atoms with van der Waals surface area (Å²) in [7, 11) is 3.46. The summed E-state index contributed by atoms with van der Waals surface area (Å²) in [5.41, 5.74) is 5.37. The molecule has 0 saturated heterocycles. The van der Waals surface area contributed by atoms with Gasteiger partial charge in [-0.1, -0.05) is 41.5 Å². The summed E-state index contributed by atoms with van der Waals surface area (Å²) >= 11 is 0. The number of hydrogen-bond acceptors (Lipinski definition) is 1. The van der Waals surface area contributed by atoms with Crippen LogP contribution in [0.5, 0.6) is 0 Å². The molecule has 0 unspecified atom stereocenters. The first-order chi connectivity index (χ1) is 9.47. The van der Waals surface area contributed by atoms with E-state index in [0.717, 1.165) is 16.8 Å². The Morgan fingerprint density at radius 2 is 1.55 bits per heavy atom. The first-order valence-electron chi connectivity index (χ1n) is 6.63. The van der Waals surface area contributed by atoms with Gasteiger partial charge in [-0.3, -0.25) is 0 Å². The molecule has 104 valence electrons. The summed E-state index contributed by atoms with van der Waals surface area (Å²) in [6.07, 6.45) is 0. The number of rotatable bonds is 2. The molecule has 2 rings (SSSR count). The van der Waals surface area contributed by atoms with E-state index in [1.807, 2.05) is 12.1 Å². The van der Waals surface area contributed by atoms with Crippen LogP contribution in [-0.2, 0) is 0 Å². The second-order valence-electron chi connectivity index (χ2n) is 5.24. The van der Waals surface area contributed by atoms with E-state index in [1.165, 1.54) is 16.0 Å². The van der Waals surface area contributed by atoms with Crippen molar-refractivity contribution in [3.8, 4) is 11.1 Å². The van der Waals surface area contributed by atoms with Crippen LogP contribution in [0.3, 0.4) is 0 Å². The van der Waals surface area contributed by atoms with Gasteiger partial charge in [-0.25, -0.2) is 4.79 Å². The molecule has 0 radical (unpaired) electrons. The van der Waals surface area contributed by atoms with Gasteiger partial charge in [-0.2, -0.15) is 0 Å². The zero-order chi connectivity index (χ0) is 14.7. The van der Waals surface area contributed by atoms with Crippen molar-refractivity contribution in [2.24, 2.45) is 0 Å². The van der Waals surface area contributed by atoms with Crippen LogP contribution in [0.15, 0.2) is 42.5 Å². The van der Waals surface area contributed by atoms with E-state index in [0.29, 0.717) is 0 Å². The van der Waals surface area contributed by atoms with Gasteiger partial charge in [0.05, 0.1) is 5.69 Å². The average molecular weight is 268 g/mol. The fraction of sp³-hybridized carbons (Fsp3) is 0.235. The summed E-state index contributed by atoms with van der Waals surface area (Å²) in [5, 5.41) is 2.94. The lowest BCUT2D eigenvalue weighted by molar-refractivity contribution is 0.230. The van der Waals surface area contributed by atoms with E-state index in [4.69, 9.17) is 0 Å². The van der Waals surface area contributed by atoms with Crippen LogP contribution in [0.4, 0.5) is 10.5 Å². The molecule has 20 heavy (non-hydrogen) atoms. The molecule has 2 aromatic carbocycles. The SMILES string of the molecule is Cc1ccc(-c2cc(C)ccc2NC(=O)N(C)C)cc1. The van der Waals surface area contributed by atoms with Crippen LogP contribution < -0.4 is 5.32 Å². The molecule has 2 aromatic rings. The molecule has 0 fully saturated rings. The molecule has 2 amide bonds. The van der Waals surface area contributed by atoms with Crippen LogP contribution in [0.2, 0.25) is 0 Å². The molecular formula is C17H20N2O. The molecule has 0 heterocycles. The van der Waals surface area contributed by atoms with Gasteiger partial charge in [0, 0.05) is 19.7 Å². The maximum atomic E-state index is 11.8. The van der Waals surface area contributed by atoms with Crippen molar-refractivity contribution < 1.29 is 4.79 Å². The Hall–Kier alpha value is -2.29. The third-order valence-electron chi connectivity index (χ3n) is 3.19. The first kappa shape index (κ1) is 14.1. The minimum Gasteiger partial charge on any atom is -0.331 e. The number of nitrogens with one attached hydrogen (secondary N) is 1. The molecule has 1 N–H and O–H groups in total. The highest BCUT2D eigenvalue weighted by Gasteiger charge is 2.10. The third-order valence-corrected chi connectivity index (χ3v) is 3.19. The predicted octanol–water partition coefficient (Wildman–Crippen LogP) is 4.06. The van der Waals surface area contributed by atoms with Gasteiger partial charge in [0.2, 0.25) is 0 Å². The van der Waals surface area contributed by atoms with Crippen LogP contribution in [0, 0.1) is 13.8 Å². The summed E-state index contributed by atoms with van der Waals surface area (Å²) in [4.78, 5) is 13.4. The summed E-state index contributed by atoms with van der Waals surface area (Å²) in [6, 6.07) is 14.2. The van der Waals surface area contributed by atoms with Crippen molar-refractivity contribution in [3.63, 3.8) is 0 Å². The van der Waals surface area contributed by atoms with E-state index >= 15 is 0 Å². The topological polar surface area (TPSA) is 32.3 Å². The lowest BCUT2D eigenvalue weighted by atomic mass is 10.0. The van der Waals surface area contributed by atoms with Crippen LogP contribution in [-0.4, -0.2) is 25.0 Å². The average Bonchev–Trinajstić information content (AvgIpc) is 2.41. The number of anilines is 1. The zero-order valence-corrected chi connectivity index (χ0v) is 12.4.